The zero-order chi connectivity index (χ0) is 15.8. The van der Waals surface area contributed by atoms with Crippen LogP contribution >= 0.6 is 0 Å². The van der Waals surface area contributed by atoms with Crippen LogP contribution in [-0.4, -0.2) is 55.0 Å². The molecule has 0 bridgehead atoms. The van der Waals surface area contributed by atoms with E-state index in [-0.39, 0.29) is 16.1 Å². The lowest BCUT2D eigenvalue weighted by molar-refractivity contribution is -0.385. The van der Waals surface area contributed by atoms with Crippen molar-refractivity contribution in [2.45, 2.75) is 24.0 Å². The van der Waals surface area contributed by atoms with Crippen LogP contribution in [0.1, 0.15) is 5.56 Å². The number of rotatable bonds is 4. The van der Waals surface area contributed by atoms with Gasteiger partial charge in [-0.05, 0) is 13.0 Å². The van der Waals surface area contributed by atoms with Crippen LogP contribution in [0.25, 0.3) is 0 Å². The molecule has 0 aliphatic carbocycles. The second-order valence-electron chi connectivity index (χ2n) is 4.97. The Labute approximate surface area is 122 Å². The number of aliphatic hydroxyl groups is 1. The lowest BCUT2D eigenvalue weighted by Crippen LogP contribution is -2.44. The van der Waals surface area contributed by atoms with Crippen molar-refractivity contribution in [1.82, 2.24) is 9.62 Å². The molecule has 2 N–H and O–H groups in total. The van der Waals surface area contributed by atoms with Crippen LogP contribution in [-0.2, 0) is 10.0 Å². The number of aliphatic hydroxyl groups excluding tert-OH is 1. The molecule has 21 heavy (non-hydrogen) atoms. The lowest BCUT2D eigenvalue weighted by atomic mass is 10.2. The highest BCUT2D eigenvalue weighted by atomic mass is 32.2. The third-order valence-corrected chi connectivity index (χ3v) is 5.75. The molecule has 8 nitrogen and oxygen atoms in total. The number of β-amino-alcohol motifs (C(OH)–C–C–N with tert-alkyl or cyclic N) is 1. The van der Waals surface area contributed by atoms with Gasteiger partial charge in [0.1, 0.15) is 0 Å². The Hall–Kier alpha value is -1.55. The molecule has 1 saturated heterocycles. The Bertz CT molecular complexity index is 661. The molecule has 2 rings (SSSR count). The molecule has 0 spiro atoms. The van der Waals surface area contributed by atoms with Crippen molar-refractivity contribution in [3.05, 3.63) is 33.9 Å². The van der Waals surface area contributed by atoms with Crippen molar-refractivity contribution in [3.8, 4) is 0 Å². The monoisotopic (exact) mass is 315 g/mol. The van der Waals surface area contributed by atoms with E-state index in [0.29, 0.717) is 13.1 Å². The van der Waals surface area contributed by atoms with Crippen molar-refractivity contribution in [2.24, 2.45) is 0 Å². The number of sulfonamides is 1. The summed E-state index contributed by atoms with van der Waals surface area (Å²) in [5.41, 5.74) is -0.149. The maximum Gasteiger partial charge on any atom is 0.273 e. The first-order valence-electron chi connectivity index (χ1n) is 6.37. The Morgan fingerprint density at radius 1 is 1.43 bits per heavy atom. The molecule has 1 aromatic rings. The summed E-state index contributed by atoms with van der Waals surface area (Å²) < 4.78 is 26.3. The van der Waals surface area contributed by atoms with E-state index in [0.717, 1.165) is 4.31 Å². The minimum Gasteiger partial charge on any atom is -0.390 e. The standard InChI is InChI=1S/C12H17N3O5S/c1-8-9(15(17)18)4-3-5-12(8)21(19,20)14(2)10-6-13-7-11(10)16/h3-5,10-11,13,16H,6-7H2,1-2H3/t10-,11-/m0/s1. The first-order valence-corrected chi connectivity index (χ1v) is 7.81. The van der Waals surface area contributed by atoms with Crippen molar-refractivity contribution in [1.29, 1.82) is 0 Å². The smallest absolute Gasteiger partial charge is 0.273 e. The van der Waals surface area contributed by atoms with Crippen LogP contribution in [0.4, 0.5) is 5.69 Å². The lowest BCUT2D eigenvalue weighted by Gasteiger charge is -2.26. The second kappa shape index (κ2) is 5.68. The highest BCUT2D eigenvalue weighted by Gasteiger charge is 2.37. The molecule has 1 fully saturated rings. The van der Waals surface area contributed by atoms with Gasteiger partial charge in [-0.2, -0.15) is 4.31 Å². The van der Waals surface area contributed by atoms with E-state index in [2.05, 4.69) is 5.32 Å². The normalized spacial score (nSPS) is 22.7. The molecule has 116 valence electrons. The van der Waals surface area contributed by atoms with Crippen LogP contribution in [0, 0.1) is 17.0 Å². The molecule has 0 radical (unpaired) electrons. The number of likely N-dealkylation sites (N-methyl/N-ethyl adjacent to an activating group) is 1. The molecule has 1 aliphatic rings. The summed E-state index contributed by atoms with van der Waals surface area (Å²) in [4.78, 5) is 10.2. The maximum atomic E-state index is 12.6. The number of hydrogen-bond donors (Lipinski definition) is 2. The van der Waals surface area contributed by atoms with Gasteiger partial charge in [-0.25, -0.2) is 8.42 Å². The zero-order valence-electron chi connectivity index (χ0n) is 11.7. The quantitative estimate of drug-likeness (QED) is 0.590. The largest absolute Gasteiger partial charge is 0.390 e. The molecule has 1 aliphatic heterocycles. The molecule has 9 heteroatoms. The minimum atomic E-state index is -3.91. The topological polar surface area (TPSA) is 113 Å². The first kappa shape index (κ1) is 15.8. The Kier molecular flexibility index (Phi) is 4.28. The van der Waals surface area contributed by atoms with Gasteiger partial charge < -0.3 is 10.4 Å². The molecule has 0 unspecified atom stereocenters. The van der Waals surface area contributed by atoms with Gasteiger partial charge in [0.05, 0.1) is 22.0 Å². The molecule has 0 amide bonds. The van der Waals surface area contributed by atoms with Gasteiger partial charge in [0.15, 0.2) is 0 Å². The molecular formula is C12H17N3O5S. The number of nitro benzene ring substituents is 1. The van der Waals surface area contributed by atoms with Crippen molar-refractivity contribution >= 4 is 15.7 Å². The Morgan fingerprint density at radius 3 is 2.62 bits per heavy atom. The summed E-state index contributed by atoms with van der Waals surface area (Å²) in [5.74, 6) is 0. The van der Waals surface area contributed by atoms with Gasteiger partial charge in [0, 0.05) is 31.8 Å². The fourth-order valence-electron chi connectivity index (χ4n) is 2.44. The van der Waals surface area contributed by atoms with Crippen molar-refractivity contribution in [2.75, 3.05) is 20.1 Å². The van der Waals surface area contributed by atoms with Crippen LogP contribution < -0.4 is 5.32 Å². The summed E-state index contributed by atoms with van der Waals surface area (Å²) in [6.45, 7) is 2.06. The summed E-state index contributed by atoms with van der Waals surface area (Å²) in [7, 11) is -2.54. The van der Waals surface area contributed by atoms with E-state index in [9.17, 15) is 23.6 Å². The highest BCUT2D eigenvalue weighted by molar-refractivity contribution is 7.89. The Balaban J connectivity index is 2.45. The number of benzene rings is 1. The van der Waals surface area contributed by atoms with Crippen LogP contribution in [0.15, 0.2) is 23.1 Å². The molecular weight excluding hydrogens is 298 g/mol. The molecule has 0 saturated carbocycles. The fourth-order valence-corrected chi connectivity index (χ4v) is 4.06. The number of nitrogens with zero attached hydrogens (tertiary/aromatic N) is 2. The Morgan fingerprint density at radius 2 is 2.10 bits per heavy atom. The van der Waals surface area contributed by atoms with Crippen LogP contribution in [0.3, 0.4) is 0 Å². The van der Waals surface area contributed by atoms with Gasteiger partial charge in [0.25, 0.3) is 5.69 Å². The predicted molar refractivity (Wildman–Crippen MR) is 75.4 cm³/mol. The van der Waals surface area contributed by atoms with E-state index in [1.54, 1.807) is 0 Å². The predicted octanol–water partition coefficient (Wildman–Crippen LogP) is -0.144. The summed E-state index contributed by atoms with van der Waals surface area (Å²) >= 11 is 0. The van der Waals surface area contributed by atoms with Crippen LogP contribution in [0.2, 0.25) is 0 Å². The van der Waals surface area contributed by atoms with E-state index < -0.39 is 27.1 Å². The molecule has 1 heterocycles. The molecule has 2 atom stereocenters. The number of hydrogen-bond acceptors (Lipinski definition) is 6. The fraction of sp³-hybridized carbons (Fsp3) is 0.500. The average Bonchev–Trinajstić information content (AvgIpc) is 2.83. The molecule has 0 aromatic heterocycles. The maximum absolute atomic E-state index is 12.6. The number of nitro groups is 1. The van der Waals surface area contributed by atoms with Crippen molar-refractivity contribution in [3.63, 3.8) is 0 Å². The van der Waals surface area contributed by atoms with Gasteiger partial charge in [-0.15, -0.1) is 0 Å². The van der Waals surface area contributed by atoms with Gasteiger partial charge in [-0.1, -0.05) is 6.07 Å². The molecule has 1 aromatic carbocycles. The highest BCUT2D eigenvalue weighted by Crippen LogP contribution is 2.28. The van der Waals surface area contributed by atoms with E-state index >= 15 is 0 Å². The third kappa shape index (κ3) is 2.77. The van der Waals surface area contributed by atoms with E-state index in [1.807, 2.05) is 0 Å². The van der Waals surface area contributed by atoms with Gasteiger partial charge >= 0.3 is 0 Å². The second-order valence-corrected chi connectivity index (χ2v) is 6.94. The van der Waals surface area contributed by atoms with E-state index in [1.165, 1.54) is 32.2 Å². The van der Waals surface area contributed by atoms with E-state index in [4.69, 9.17) is 0 Å². The first-order chi connectivity index (χ1) is 9.76. The minimum absolute atomic E-state index is 0.0924. The summed E-state index contributed by atoms with van der Waals surface area (Å²) in [6.07, 6.45) is -0.802. The van der Waals surface area contributed by atoms with Gasteiger partial charge in [0.2, 0.25) is 10.0 Å². The third-order valence-electron chi connectivity index (χ3n) is 3.73. The van der Waals surface area contributed by atoms with Crippen LogP contribution in [0.5, 0.6) is 0 Å². The van der Waals surface area contributed by atoms with Crippen molar-refractivity contribution < 1.29 is 18.4 Å². The SMILES string of the molecule is Cc1c([N+](=O)[O-])cccc1S(=O)(=O)N(C)[C@H]1CNC[C@@H]1O. The summed E-state index contributed by atoms with van der Waals surface area (Å²) in [6, 6.07) is 3.35. The number of nitrogens with one attached hydrogen (secondary N) is 1. The van der Waals surface area contributed by atoms with Gasteiger partial charge in [-0.3, -0.25) is 10.1 Å². The zero-order valence-corrected chi connectivity index (χ0v) is 12.5. The average molecular weight is 315 g/mol. The summed E-state index contributed by atoms with van der Waals surface area (Å²) in [5, 5.41) is 23.6.